The van der Waals surface area contributed by atoms with Gasteiger partial charge in [-0.25, -0.2) is 19.0 Å². The molecule has 1 aromatic heterocycles. The van der Waals surface area contributed by atoms with Crippen molar-refractivity contribution in [3.05, 3.63) is 112 Å². The fraction of sp³-hybridized carbons (Fsp3) is 0.333. The quantitative estimate of drug-likeness (QED) is 0.0651. The maximum absolute atomic E-state index is 13.4. The number of hydrogen-bond acceptors (Lipinski definition) is 10. The van der Waals surface area contributed by atoms with E-state index >= 15 is 0 Å². The highest BCUT2D eigenvalue weighted by Gasteiger charge is 2.21. The van der Waals surface area contributed by atoms with Crippen LogP contribution < -0.4 is 11.0 Å². The number of rotatable bonds is 11. The summed E-state index contributed by atoms with van der Waals surface area (Å²) in [5.41, 5.74) is 2.77. The van der Waals surface area contributed by atoms with E-state index in [0.29, 0.717) is 29.2 Å². The van der Waals surface area contributed by atoms with Crippen molar-refractivity contribution in [2.45, 2.75) is 77.8 Å². The van der Waals surface area contributed by atoms with E-state index in [4.69, 9.17) is 24.4 Å². The van der Waals surface area contributed by atoms with Gasteiger partial charge >= 0.3 is 23.9 Å². The van der Waals surface area contributed by atoms with E-state index in [-0.39, 0.29) is 25.0 Å². The second-order valence-electron chi connectivity index (χ2n) is 11.7. The first-order valence-corrected chi connectivity index (χ1v) is 16.2. The number of ether oxygens (including phenoxy) is 4. The Labute approximate surface area is 283 Å². The van der Waals surface area contributed by atoms with Gasteiger partial charge in [0, 0.05) is 18.9 Å². The molecule has 1 amide bonds. The standard InChI is InChI=1S/C36H39N5O8/c1-24-39-41(30-20-16-28(17-21-30)33(37)38-34(43)46-23-27-9-5-3-6-10-27)35(44)40(24)29-18-13-26(14-19-29)15-22-32(42)47-25(2)48-36(45)49-31-11-7-4-8-12-31/h3,5-6,9-10,13-14,16-21,25,31H,4,7-8,11-12,15,22-23H2,1-2H3,(H2,37,38,43). The molecule has 0 bridgehead atoms. The van der Waals surface area contributed by atoms with Crippen molar-refractivity contribution in [2.75, 3.05) is 0 Å². The lowest BCUT2D eigenvalue weighted by atomic mass is 9.98. The Morgan fingerprint density at radius 1 is 0.898 bits per heavy atom. The average molecular weight is 670 g/mol. The van der Waals surface area contributed by atoms with Crippen LogP contribution in [0.5, 0.6) is 0 Å². The summed E-state index contributed by atoms with van der Waals surface area (Å²) in [7, 11) is 0. The van der Waals surface area contributed by atoms with Crippen molar-refractivity contribution >= 4 is 24.1 Å². The summed E-state index contributed by atoms with van der Waals surface area (Å²) in [6.45, 7) is 3.26. The van der Waals surface area contributed by atoms with Crippen molar-refractivity contribution in [2.24, 2.45) is 0 Å². The predicted molar refractivity (Wildman–Crippen MR) is 179 cm³/mol. The third kappa shape index (κ3) is 9.66. The van der Waals surface area contributed by atoms with Crippen LogP contribution in [0.25, 0.3) is 11.4 Å². The normalized spacial score (nSPS) is 13.6. The second kappa shape index (κ2) is 16.4. The molecule has 49 heavy (non-hydrogen) atoms. The van der Waals surface area contributed by atoms with E-state index in [1.807, 2.05) is 42.5 Å². The first kappa shape index (κ1) is 34.6. The Kier molecular flexibility index (Phi) is 11.6. The molecule has 1 aliphatic carbocycles. The average Bonchev–Trinajstić information content (AvgIpc) is 3.40. The van der Waals surface area contributed by atoms with Gasteiger partial charge in [-0.05, 0) is 86.6 Å². The predicted octanol–water partition coefficient (Wildman–Crippen LogP) is 5.89. The molecule has 5 rings (SSSR count). The summed E-state index contributed by atoms with van der Waals surface area (Å²) in [6, 6.07) is 22.8. The Morgan fingerprint density at radius 2 is 1.57 bits per heavy atom. The molecule has 1 unspecified atom stereocenters. The first-order chi connectivity index (χ1) is 23.7. The van der Waals surface area contributed by atoms with Gasteiger partial charge in [0.2, 0.25) is 6.29 Å². The molecule has 3 aromatic carbocycles. The number of benzene rings is 3. The van der Waals surface area contributed by atoms with Crippen LogP contribution in [-0.2, 0) is 36.8 Å². The number of carbonyl (C=O) groups excluding carboxylic acids is 3. The summed E-state index contributed by atoms with van der Waals surface area (Å²) < 4.78 is 23.5. The SMILES string of the molecule is Cc1nn(-c2ccc(C(=N)NC(=O)OCc3ccccc3)cc2)c(=O)n1-c1ccc(CCC(=O)OC(C)OC(=O)OC2CCCCC2)cc1. The molecule has 256 valence electrons. The zero-order valence-electron chi connectivity index (χ0n) is 27.4. The maximum Gasteiger partial charge on any atom is 0.511 e. The van der Waals surface area contributed by atoms with Crippen LogP contribution in [0.2, 0.25) is 0 Å². The molecule has 0 radical (unpaired) electrons. The fourth-order valence-corrected chi connectivity index (χ4v) is 5.44. The minimum absolute atomic E-state index is 0.0689. The zero-order chi connectivity index (χ0) is 34.8. The highest BCUT2D eigenvalue weighted by Crippen LogP contribution is 2.21. The molecule has 0 spiro atoms. The summed E-state index contributed by atoms with van der Waals surface area (Å²) in [4.78, 5) is 49.9. The lowest BCUT2D eigenvalue weighted by molar-refractivity contribution is -0.169. The van der Waals surface area contributed by atoms with Crippen molar-refractivity contribution in [3.63, 3.8) is 0 Å². The summed E-state index contributed by atoms with van der Waals surface area (Å²) >= 11 is 0. The number of esters is 1. The van der Waals surface area contributed by atoms with Crippen molar-refractivity contribution < 1.29 is 33.3 Å². The Hall–Kier alpha value is -5.72. The number of nitrogens with zero attached hydrogens (tertiary/aromatic N) is 3. The molecule has 13 nitrogen and oxygen atoms in total. The monoisotopic (exact) mass is 669 g/mol. The highest BCUT2D eigenvalue weighted by atomic mass is 16.8. The topological polar surface area (TPSA) is 164 Å². The van der Waals surface area contributed by atoms with Gasteiger partial charge in [0.1, 0.15) is 24.4 Å². The molecule has 1 saturated carbocycles. The number of carbonyl (C=O) groups is 3. The molecular formula is C36H39N5O8. The van der Waals surface area contributed by atoms with Gasteiger partial charge in [0.25, 0.3) is 0 Å². The molecule has 13 heteroatoms. The number of amidine groups is 1. The van der Waals surface area contributed by atoms with Gasteiger partial charge in [-0.15, -0.1) is 5.10 Å². The zero-order valence-corrected chi connectivity index (χ0v) is 27.4. The number of amides is 1. The summed E-state index contributed by atoms with van der Waals surface area (Å²) in [5, 5.41) is 15.0. The van der Waals surface area contributed by atoms with Gasteiger partial charge < -0.3 is 18.9 Å². The van der Waals surface area contributed by atoms with Crippen LogP contribution in [0.3, 0.4) is 0 Å². The Bertz CT molecular complexity index is 1810. The van der Waals surface area contributed by atoms with Crippen LogP contribution in [0.4, 0.5) is 9.59 Å². The van der Waals surface area contributed by atoms with Crippen molar-refractivity contribution in [3.8, 4) is 11.4 Å². The number of aryl methyl sites for hydroxylation is 2. The van der Waals surface area contributed by atoms with Crippen LogP contribution >= 0.6 is 0 Å². The van der Waals surface area contributed by atoms with Gasteiger partial charge in [-0.1, -0.05) is 48.9 Å². The molecule has 1 fully saturated rings. The molecule has 1 atom stereocenters. The lowest BCUT2D eigenvalue weighted by Crippen LogP contribution is -2.31. The third-order valence-corrected chi connectivity index (χ3v) is 7.97. The Morgan fingerprint density at radius 3 is 2.27 bits per heavy atom. The smallest absolute Gasteiger partial charge is 0.444 e. The van der Waals surface area contributed by atoms with Gasteiger partial charge in [-0.2, -0.15) is 4.68 Å². The number of aromatic nitrogens is 3. The van der Waals surface area contributed by atoms with E-state index in [0.717, 1.165) is 43.2 Å². The lowest BCUT2D eigenvalue weighted by Gasteiger charge is -2.22. The maximum atomic E-state index is 13.4. The molecule has 2 N–H and O–H groups in total. The third-order valence-electron chi connectivity index (χ3n) is 7.97. The molecule has 0 saturated heterocycles. The Balaban J connectivity index is 1.11. The summed E-state index contributed by atoms with van der Waals surface area (Å²) in [5.74, 6) is -0.211. The summed E-state index contributed by atoms with van der Waals surface area (Å²) in [6.07, 6.45) is 2.46. The second-order valence-corrected chi connectivity index (χ2v) is 11.7. The van der Waals surface area contributed by atoms with E-state index in [2.05, 4.69) is 10.4 Å². The molecule has 0 aliphatic heterocycles. The number of alkyl carbamates (subject to hydrolysis) is 1. The minimum Gasteiger partial charge on any atom is -0.444 e. The highest BCUT2D eigenvalue weighted by molar-refractivity contribution is 6.04. The number of hydrogen-bond donors (Lipinski definition) is 2. The van der Waals surface area contributed by atoms with E-state index in [1.54, 1.807) is 43.3 Å². The minimum atomic E-state index is -1.06. The van der Waals surface area contributed by atoms with Gasteiger partial charge in [0.15, 0.2) is 0 Å². The van der Waals surface area contributed by atoms with Gasteiger partial charge in [-0.3, -0.25) is 15.5 Å². The molecular weight excluding hydrogens is 630 g/mol. The van der Waals surface area contributed by atoms with Crippen molar-refractivity contribution in [1.29, 1.82) is 5.41 Å². The molecule has 4 aromatic rings. The van der Waals surface area contributed by atoms with E-state index in [9.17, 15) is 19.2 Å². The van der Waals surface area contributed by atoms with E-state index < -0.39 is 30.2 Å². The van der Waals surface area contributed by atoms with Gasteiger partial charge in [0.05, 0.1) is 11.4 Å². The molecule has 1 heterocycles. The van der Waals surface area contributed by atoms with Crippen LogP contribution in [-0.4, -0.2) is 50.8 Å². The fourth-order valence-electron chi connectivity index (χ4n) is 5.44. The van der Waals surface area contributed by atoms with E-state index in [1.165, 1.54) is 16.2 Å². The van der Waals surface area contributed by atoms with Crippen molar-refractivity contribution in [1.82, 2.24) is 19.7 Å². The first-order valence-electron chi connectivity index (χ1n) is 16.2. The number of nitrogens with one attached hydrogen (secondary N) is 2. The van der Waals surface area contributed by atoms with Crippen LogP contribution in [0.15, 0.2) is 83.7 Å². The molecule has 1 aliphatic rings. The van der Waals surface area contributed by atoms with Crippen LogP contribution in [0, 0.1) is 12.3 Å². The largest absolute Gasteiger partial charge is 0.511 e. The van der Waals surface area contributed by atoms with Crippen LogP contribution in [0.1, 0.15) is 68.0 Å².